The monoisotopic (exact) mass is 314 g/mol. The second-order valence-electron chi connectivity index (χ2n) is 6.07. The van der Waals surface area contributed by atoms with Crippen LogP contribution in [0.4, 0.5) is 0 Å². The second-order valence-corrected chi connectivity index (χ2v) is 6.07. The molecule has 2 aromatic rings. The zero-order valence-electron chi connectivity index (χ0n) is 12.8. The molecule has 0 aliphatic heterocycles. The summed E-state index contributed by atoms with van der Waals surface area (Å²) in [6.07, 6.45) is 1.61. The molecule has 0 radical (unpaired) electrons. The first kappa shape index (κ1) is 15.1. The van der Waals surface area contributed by atoms with Gasteiger partial charge in [0.25, 0.3) is 0 Å². The highest BCUT2D eigenvalue weighted by Gasteiger charge is 2.44. The predicted molar refractivity (Wildman–Crippen MR) is 85.9 cm³/mol. The largest absolute Gasteiger partial charge is 0.511 e. The molecule has 23 heavy (non-hydrogen) atoms. The summed E-state index contributed by atoms with van der Waals surface area (Å²) in [6, 6.07) is 8.73. The van der Waals surface area contributed by atoms with Crippen LogP contribution in [0.5, 0.6) is 23.0 Å². The van der Waals surface area contributed by atoms with Crippen LogP contribution < -0.4 is 0 Å². The zero-order chi connectivity index (χ0) is 16.9. The van der Waals surface area contributed by atoms with E-state index in [9.17, 15) is 25.5 Å². The molecule has 3 rings (SSSR count). The number of hydrogen-bond acceptors (Lipinski definition) is 5. The van der Waals surface area contributed by atoms with Gasteiger partial charge in [-0.3, -0.25) is 0 Å². The first-order chi connectivity index (χ1) is 10.8. The Morgan fingerprint density at radius 3 is 2.26 bits per heavy atom. The Bertz CT molecular complexity index is 824. The maximum atomic E-state index is 10.6. The second kappa shape index (κ2) is 4.84. The fraction of sp³-hybridized carbons (Fsp3) is 0.222. The number of phenols is 4. The van der Waals surface area contributed by atoms with E-state index >= 15 is 0 Å². The predicted octanol–water partition coefficient (Wildman–Crippen LogP) is 3.48. The van der Waals surface area contributed by atoms with E-state index in [1.165, 1.54) is 6.07 Å². The summed E-state index contributed by atoms with van der Waals surface area (Å²) in [4.78, 5) is 0. The van der Waals surface area contributed by atoms with Gasteiger partial charge in [0.05, 0.1) is 5.41 Å². The minimum absolute atomic E-state index is 0.00323. The molecule has 5 N–H and O–H groups in total. The lowest BCUT2D eigenvalue weighted by atomic mass is 9.64. The van der Waals surface area contributed by atoms with Gasteiger partial charge in [-0.25, -0.2) is 0 Å². The van der Waals surface area contributed by atoms with E-state index in [-0.39, 0.29) is 17.2 Å². The van der Waals surface area contributed by atoms with Gasteiger partial charge >= 0.3 is 0 Å². The van der Waals surface area contributed by atoms with E-state index < -0.39 is 28.4 Å². The molecular weight excluding hydrogens is 296 g/mol. The van der Waals surface area contributed by atoms with Crippen LogP contribution in [0.15, 0.2) is 36.1 Å². The van der Waals surface area contributed by atoms with Gasteiger partial charge in [-0.15, -0.1) is 0 Å². The highest BCUT2D eigenvalue weighted by atomic mass is 16.3. The molecule has 1 aliphatic rings. The molecule has 0 fully saturated rings. The van der Waals surface area contributed by atoms with Crippen LogP contribution in [0.25, 0.3) is 6.08 Å². The van der Waals surface area contributed by atoms with E-state index in [1.807, 2.05) is 31.2 Å². The molecule has 0 unspecified atom stereocenters. The first-order valence-corrected chi connectivity index (χ1v) is 7.25. The van der Waals surface area contributed by atoms with E-state index in [2.05, 4.69) is 0 Å². The fourth-order valence-corrected chi connectivity index (χ4v) is 3.27. The molecule has 120 valence electrons. The van der Waals surface area contributed by atoms with Gasteiger partial charge in [0, 0.05) is 5.56 Å². The van der Waals surface area contributed by atoms with Crippen molar-refractivity contribution in [3.8, 4) is 23.0 Å². The van der Waals surface area contributed by atoms with Crippen molar-refractivity contribution in [1.82, 2.24) is 0 Å². The minimum Gasteiger partial charge on any atom is -0.511 e. The lowest BCUT2D eigenvalue weighted by Gasteiger charge is -2.40. The number of aliphatic hydroxyl groups excluding tert-OH is 1. The highest BCUT2D eigenvalue weighted by Crippen LogP contribution is 2.55. The number of allylic oxidation sites excluding steroid dienone is 1. The van der Waals surface area contributed by atoms with Crippen LogP contribution in [-0.4, -0.2) is 25.5 Å². The van der Waals surface area contributed by atoms with Crippen LogP contribution in [-0.2, 0) is 5.41 Å². The van der Waals surface area contributed by atoms with E-state index in [4.69, 9.17) is 0 Å². The average molecular weight is 314 g/mol. The summed E-state index contributed by atoms with van der Waals surface area (Å²) in [5.74, 6) is -2.95. The van der Waals surface area contributed by atoms with Crippen molar-refractivity contribution in [2.24, 2.45) is 0 Å². The zero-order valence-corrected chi connectivity index (χ0v) is 12.8. The Balaban J connectivity index is 2.28. The van der Waals surface area contributed by atoms with Crippen molar-refractivity contribution >= 4 is 6.08 Å². The van der Waals surface area contributed by atoms with Gasteiger partial charge in [0.15, 0.2) is 11.5 Å². The molecule has 5 heteroatoms. The lowest BCUT2D eigenvalue weighted by molar-refractivity contribution is 0.268. The molecule has 0 saturated carbocycles. The summed E-state index contributed by atoms with van der Waals surface area (Å²) in [5, 5.41) is 50.0. The van der Waals surface area contributed by atoms with Crippen LogP contribution in [0.1, 0.15) is 36.5 Å². The van der Waals surface area contributed by atoms with Gasteiger partial charge < -0.3 is 25.5 Å². The number of aromatic hydroxyl groups is 4. The highest BCUT2D eigenvalue weighted by molar-refractivity contribution is 5.69. The SMILES string of the molecule is C[C@@H]1c2ccccc2C=C(O)[C@]1(C)c1cc(O)c(O)c(O)c1O. The topological polar surface area (TPSA) is 101 Å². The number of aliphatic hydroxyl groups is 1. The third-order valence-electron chi connectivity index (χ3n) is 4.94. The number of phenolic OH excluding ortho intramolecular Hbond substituents is 4. The number of benzene rings is 2. The van der Waals surface area contributed by atoms with E-state index in [1.54, 1.807) is 13.0 Å². The molecular formula is C18H18O5. The van der Waals surface area contributed by atoms with Crippen molar-refractivity contribution in [3.05, 3.63) is 52.8 Å². The molecule has 5 nitrogen and oxygen atoms in total. The summed E-state index contributed by atoms with van der Waals surface area (Å²) in [7, 11) is 0. The average Bonchev–Trinajstić information content (AvgIpc) is 2.54. The number of hydrogen-bond donors (Lipinski definition) is 5. The Morgan fingerprint density at radius 2 is 1.57 bits per heavy atom. The van der Waals surface area contributed by atoms with Crippen LogP contribution in [0.3, 0.4) is 0 Å². The smallest absolute Gasteiger partial charge is 0.204 e. The van der Waals surface area contributed by atoms with Crippen molar-refractivity contribution in [2.45, 2.75) is 25.2 Å². The standard InChI is InChI=1S/C18H18O5/c1-9-11-6-4-3-5-10(11)7-14(20)18(9,2)12-8-13(19)16(22)17(23)15(12)21/h3-9,19-23H,1-2H3/t9-,18+/m1/s1. The molecule has 0 amide bonds. The molecule has 0 aromatic heterocycles. The van der Waals surface area contributed by atoms with Crippen LogP contribution in [0.2, 0.25) is 0 Å². The maximum absolute atomic E-state index is 10.6. The normalized spacial score (nSPS) is 23.2. The Labute approximate surface area is 133 Å². The van der Waals surface area contributed by atoms with Crippen molar-refractivity contribution < 1.29 is 25.5 Å². The van der Waals surface area contributed by atoms with Crippen molar-refractivity contribution in [2.75, 3.05) is 0 Å². The molecule has 0 bridgehead atoms. The van der Waals surface area contributed by atoms with Crippen molar-refractivity contribution in [1.29, 1.82) is 0 Å². The minimum atomic E-state index is -1.07. The van der Waals surface area contributed by atoms with Gasteiger partial charge in [-0.1, -0.05) is 31.2 Å². The van der Waals surface area contributed by atoms with Gasteiger partial charge in [-0.2, -0.15) is 0 Å². The molecule has 0 spiro atoms. The van der Waals surface area contributed by atoms with Crippen molar-refractivity contribution in [3.63, 3.8) is 0 Å². The molecule has 0 saturated heterocycles. The molecule has 2 atom stereocenters. The molecule has 0 heterocycles. The van der Waals surface area contributed by atoms with Crippen LogP contribution in [0, 0.1) is 0 Å². The summed E-state index contributed by atoms with van der Waals surface area (Å²) in [6.45, 7) is 3.60. The summed E-state index contributed by atoms with van der Waals surface area (Å²) >= 11 is 0. The number of rotatable bonds is 1. The number of fused-ring (bicyclic) bond motifs is 1. The lowest BCUT2D eigenvalue weighted by Crippen LogP contribution is -2.34. The van der Waals surface area contributed by atoms with Crippen LogP contribution >= 0.6 is 0 Å². The summed E-state index contributed by atoms with van der Waals surface area (Å²) < 4.78 is 0. The third-order valence-corrected chi connectivity index (χ3v) is 4.94. The third kappa shape index (κ3) is 1.93. The Morgan fingerprint density at radius 1 is 0.913 bits per heavy atom. The first-order valence-electron chi connectivity index (χ1n) is 7.25. The Kier molecular flexibility index (Phi) is 3.18. The quantitative estimate of drug-likeness (QED) is 0.410. The van der Waals surface area contributed by atoms with Gasteiger partial charge in [0.2, 0.25) is 11.5 Å². The molecule has 2 aromatic carbocycles. The Hall–Kier alpha value is -2.82. The van der Waals surface area contributed by atoms with Gasteiger partial charge in [0.1, 0.15) is 5.76 Å². The fourth-order valence-electron chi connectivity index (χ4n) is 3.27. The van der Waals surface area contributed by atoms with Gasteiger partial charge in [-0.05, 0) is 36.1 Å². The maximum Gasteiger partial charge on any atom is 0.204 e. The molecule has 1 aliphatic carbocycles. The van der Waals surface area contributed by atoms with E-state index in [0.717, 1.165) is 11.1 Å². The van der Waals surface area contributed by atoms with E-state index in [0.29, 0.717) is 0 Å². The summed E-state index contributed by atoms with van der Waals surface area (Å²) in [5.41, 5.74) is 0.920.